The Hall–Kier alpha value is -0.0900. The van der Waals surface area contributed by atoms with Crippen molar-refractivity contribution in [2.24, 2.45) is 5.92 Å². The van der Waals surface area contributed by atoms with Crippen LogP contribution in [0.4, 0.5) is 0 Å². The van der Waals surface area contributed by atoms with Crippen LogP contribution < -0.4 is 0 Å². The van der Waals surface area contributed by atoms with Crippen LogP contribution in [0.3, 0.4) is 0 Å². The summed E-state index contributed by atoms with van der Waals surface area (Å²) in [5.74, 6) is 0.902. The second kappa shape index (κ2) is 6.48. The first-order valence-electron chi connectivity index (χ1n) is 5.67. The lowest BCUT2D eigenvalue weighted by atomic mass is 10.2. The topological polar surface area (TPSA) is 23.6 Å². The number of carbonyl (C=O) groups excluding carboxylic acids is 1. The van der Waals surface area contributed by atoms with Crippen molar-refractivity contribution in [3.05, 3.63) is 0 Å². The molecule has 0 radical (unpaired) electrons. The van der Waals surface area contributed by atoms with Gasteiger partial charge in [0, 0.05) is 38.4 Å². The SMILES string of the molecule is CC(=O)N1CCCN(CC(C)CBr)CC1. The first-order valence-corrected chi connectivity index (χ1v) is 6.79. The van der Waals surface area contributed by atoms with Gasteiger partial charge in [-0.25, -0.2) is 0 Å². The summed E-state index contributed by atoms with van der Waals surface area (Å²) in [5.41, 5.74) is 0. The lowest BCUT2D eigenvalue weighted by molar-refractivity contribution is -0.128. The van der Waals surface area contributed by atoms with Crippen LogP contribution in [0.2, 0.25) is 0 Å². The van der Waals surface area contributed by atoms with E-state index in [9.17, 15) is 4.79 Å². The monoisotopic (exact) mass is 276 g/mol. The van der Waals surface area contributed by atoms with E-state index >= 15 is 0 Å². The molecule has 3 nitrogen and oxygen atoms in total. The maximum absolute atomic E-state index is 11.2. The normalized spacial score (nSPS) is 21.1. The smallest absolute Gasteiger partial charge is 0.219 e. The molecule has 0 saturated carbocycles. The third kappa shape index (κ3) is 4.51. The molecule has 0 N–H and O–H groups in total. The van der Waals surface area contributed by atoms with Gasteiger partial charge in [0.15, 0.2) is 0 Å². The van der Waals surface area contributed by atoms with Crippen molar-refractivity contribution in [3.63, 3.8) is 0 Å². The first kappa shape index (κ1) is 13.0. The zero-order valence-electron chi connectivity index (χ0n) is 9.71. The largest absolute Gasteiger partial charge is 0.342 e. The minimum absolute atomic E-state index is 0.213. The molecule has 1 saturated heterocycles. The molecule has 1 amide bonds. The zero-order chi connectivity index (χ0) is 11.3. The van der Waals surface area contributed by atoms with E-state index in [0.717, 1.165) is 44.5 Å². The van der Waals surface area contributed by atoms with Crippen LogP contribution in [0.5, 0.6) is 0 Å². The van der Waals surface area contributed by atoms with Crippen LogP contribution >= 0.6 is 15.9 Å². The molecule has 0 aromatic heterocycles. The lowest BCUT2D eigenvalue weighted by Gasteiger charge is -2.23. The van der Waals surface area contributed by atoms with Crippen LogP contribution in [-0.2, 0) is 4.79 Å². The highest BCUT2D eigenvalue weighted by atomic mass is 79.9. The molecule has 1 rings (SSSR count). The number of rotatable bonds is 3. The molecule has 1 fully saturated rings. The Morgan fingerprint density at radius 2 is 2.07 bits per heavy atom. The molecule has 0 aromatic carbocycles. The fourth-order valence-corrected chi connectivity index (χ4v) is 2.16. The fourth-order valence-electron chi connectivity index (χ4n) is 1.96. The van der Waals surface area contributed by atoms with Crippen molar-refractivity contribution in [3.8, 4) is 0 Å². The van der Waals surface area contributed by atoms with E-state index < -0.39 is 0 Å². The maximum Gasteiger partial charge on any atom is 0.219 e. The van der Waals surface area contributed by atoms with Crippen molar-refractivity contribution in [1.29, 1.82) is 0 Å². The number of hydrogen-bond acceptors (Lipinski definition) is 2. The fraction of sp³-hybridized carbons (Fsp3) is 0.909. The van der Waals surface area contributed by atoms with Crippen LogP contribution in [0.25, 0.3) is 0 Å². The molecule has 1 unspecified atom stereocenters. The van der Waals surface area contributed by atoms with Crippen molar-refractivity contribution in [2.45, 2.75) is 20.3 Å². The Kier molecular flexibility index (Phi) is 5.61. The highest BCUT2D eigenvalue weighted by molar-refractivity contribution is 9.09. The van der Waals surface area contributed by atoms with Gasteiger partial charge in [0.25, 0.3) is 0 Å². The molecular formula is C11H21BrN2O. The Labute approximate surface area is 101 Å². The van der Waals surface area contributed by atoms with Gasteiger partial charge in [-0.05, 0) is 18.9 Å². The van der Waals surface area contributed by atoms with Crippen molar-refractivity contribution in [2.75, 3.05) is 38.1 Å². The second-order valence-electron chi connectivity index (χ2n) is 4.42. The summed E-state index contributed by atoms with van der Waals surface area (Å²) in [6.07, 6.45) is 1.11. The number of nitrogens with zero attached hydrogens (tertiary/aromatic N) is 2. The average Bonchev–Trinajstić information content (AvgIpc) is 2.43. The minimum atomic E-state index is 0.213. The van der Waals surface area contributed by atoms with E-state index in [2.05, 4.69) is 27.8 Å². The molecule has 4 heteroatoms. The van der Waals surface area contributed by atoms with Gasteiger partial charge in [-0.2, -0.15) is 0 Å². The van der Waals surface area contributed by atoms with Gasteiger partial charge < -0.3 is 9.80 Å². The molecule has 0 aliphatic carbocycles. The summed E-state index contributed by atoms with van der Waals surface area (Å²) < 4.78 is 0. The van der Waals surface area contributed by atoms with Gasteiger partial charge in [0.2, 0.25) is 5.91 Å². The van der Waals surface area contributed by atoms with E-state index in [1.54, 1.807) is 6.92 Å². The third-order valence-corrected chi connectivity index (χ3v) is 3.97. The summed E-state index contributed by atoms with van der Waals surface area (Å²) >= 11 is 3.50. The number of amides is 1. The van der Waals surface area contributed by atoms with E-state index in [0.29, 0.717) is 5.92 Å². The van der Waals surface area contributed by atoms with Crippen LogP contribution in [0.15, 0.2) is 0 Å². The Balaban J connectivity index is 2.35. The molecule has 0 aromatic rings. The number of halogens is 1. The van der Waals surface area contributed by atoms with Crippen LogP contribution in [0, 0.1) is 5.92 Å². The van der Waals surface area contributed by atoms with Gasteiger partial charge in [0.1, 0.15) is 0 Å². The molecule has 1 aliphatic rings. The number of hydrogen-bond donors (Lipinski definition) is 0. The Morgan fingerprint density at radius 1 is 1.33 bits per heavy atom. The second-order valence-corrected chi connectivity index (χ2v) is 5.07. The molecule has 1 heterocycles. The number of alkyl halides is 1. The summed E-state index contributed by atoms with van der Waals surface area (Å²) in [6.45, 7) is 9.02. The van der Waals surface area contributed by atoms with Gasteiger partial charge in [-0.15, -0.1) is 0 Å². The lowest BCUT2D eigenvalue weighted by Crippen LogP contribution is -2.35. The summed E-state index contributed by atoms with van der Waals surface area (Å²) in [7, 11) is 0. The van der Waals surface area contributed by atoms with Crippen molar-refractivity contribution < 1.29 is 4.79 Å². The van der Waals surface area contributed by atoms with Crippen molar-refractivity contribution in [1.82, 2.24) is 9.80 Å². The zero-order valence-corrected chi connectivity index (χ0v) is 11.3. The van der Waals surface area contributed by atoms with Gasteiger partial charge in [-0.1, -0.05) is 22.9 Å². The summed E-state index contributed by atoms with van der Waals surface area (Å²) in [6, 6.07) is 0. The van der Waals surface area contributed by atoms with Gasteiger partial charge in [0.05, 0.1) is 0 Å². The molecule has 15 heavy (non-hydrogen) atoms. The highest BCUT2D eigenvalue weighted by Gasteiger charge is 2.17. The molecule has 88 valence electrons. The van der Waals surface area contributed by atoms with Crippen molar-refractivity contribution >= 4 is 21.8 Å². The molecule has 1 aliphatic heterocycles. The predicted molar refractivity (Wildman–Crippen MR) is 66.3 cm³/mol. The van der Waals surface area contributed by atoms with Gasteiger partial charge >= 0.3 is 0 Å². The number of carbonyl (C=O) groups is 1. The summed E-state index contributed by atoms with van der Waals surface area (Å²) in [5, 5.41) is 1.06. The van der Waals surface area contributed by atoms with Gasteiger partial charge in [-0.3, -0.25) is 4.79 Å². The quantitative estimate of drug-likeness (QED) is 0.731. The van der Waals surface area contributed by atoms with E-state index in [1.165, 1.54) is 0 Å². The van der Waals surface area contributed by atoms with E-state index in [4.69, 9.17) is 0 Å². The molecular weight excluding hydrogens is 256 g/mol. The Morgan fingerprint density at radius 3 is 2.67 bits per heavy atom. The van der Waals surface area contributed by atoms with Crippen LogP contribution in [0.1, 0.15) is 20.3 Å². The third-order valence-electron chi connectivity index (χ3n) is 2.87. The van der Waals surface area contributed by atoms with E-state index in [1.807, 2.05) is 4.90 Å². The highest BCUT2D eigenvalue weighted by Crippen LogP contribution is 2.08. The maximum atomic E-state index is 11.2. The predicted octanol–water partition coefficient (Wildman–Crippen LogP) is 1.57. The van der Waals surface area contributed by atoms with Crippen LogP contribution in [-0.4, -0.2) is 53.8 Å². The molecule has 1 atom stereocenters. The standard InChI is InChI=1S/C11H21BrN2O/c1-10(8-12)9-13-4-3-5-14(7-6-13)11(2)15/h10H,3-9H2,1-2H3. The Bertz CT molecular complexity index is 211. The molecule has 0 bridgehead atoms. The van der Waals surface area contributed by atoms with E-state index in [-0.39, 0.29) is 5.91 Å². The summed E-state index contributed by atoms with van der Waals surface area (Å²) in [4.78, 5) is 15.7. The molecule has 0 spiro atoms. The minimum Gasteiger partial charge on any atom is -0.342 e. The average molecular weight is 277 g/mol. The first-order chi connectivity index (χ1) is 7.13.